The number of carbonyl (C=O) groups is 3. The van der Waals surface area contributed by atoms with Gasteiger partial charge < -0.3 is 15.0 Å². The smallest absolute Gasteiger partial charge is 0.256 e. The SMILES string of the molecule is CC[C@H](C)NC(=O)[C@H]1COC2(CCN(C(=O)c3ccc(Cl)c(Cl)c3)CC2)N1C(=O)c1cccc(C)c1. The van der Waals surface area contributed by atoms with Crippen molar-refractivity contribution in [2.75, 3.05) is 19.7 Å². The molecule has 0 unspecified atom stereocenters. The van der Waals surface area contributed by atoms with Crippen LogP contribution in [0.15, 0.2) is 42.5 Å². The summed E-state index contributed by atoms with van der Waals surface area (Å²) in [6.45, 7) is 6.71. The molecule has 2 aromatic carbocycles. The molecule has 2 heterocycles. The van der Waals surface area contributed by atoms with Crippen LogP contribution in [0.1, 0.15) is 59.4 Å². The molecule has 0 aliphatic carbocycles. The molecular formula is C27H31Cl2N3O4. The third-order valence-corrected chi connectivity index (χ3v) is 7.79. The first kappa shape index (κ1) is 26.5. The second kappa shape index (κ2) is 10.8. The van der Waals surface area contributed by atoms with E-state index in [4.69, 9.17) is 27.9 Å². The van der Waals surface area contributed by atoms with Gasteiger partial charge in [0.15, 0.2) is 0 Å². The third kappa shape index (κ3) is 5.24. The number of carbonyl (C=O) groups excluding carboxylic acids is 3. The Kier molecular flexibility index (Phi) is 7.93. The zero-order valence-corrected chi connectivity index (χ0v) is 22.2. The number of likely N-dealkylation sites (tertiary alicyclic amines) is 1. The summed E-state index contributed by atoms with van der Waals surface area (Å²) in [6.07, 6.45) is 1.57. The minimum Gasteiger partial charge on any atom is -0.353 e. The summed E-state index contributed by atoms with van der Waals surface area (Å²) >= 11 is 12.1. The molecule has 2 aromatic rings. The molecule has 0 aromatic heterocycles. The maximum Gasteiger partial charge on any atom is 0.256 e. The van der Waals surface area contributed by atoms with Gasteiger partial charge in [0, 0.05) is 43.1 Å². The van der Waals surface area contributed by atoms with Gasteiger partial charge in [-0.05, 0) is 50.6 Å². The van der Waals surface area contributed by atoms with Crippen molar-refractivity contribution >= 4 is 40.9 Å². The summed E-state index contributed by atoms with van der Waals surface area (Å²) in [4.78, 5) is 43.4. The van der Waals surface area contributed by atoms with E-state index in [1.54, 1.807) is 34.1 Å². The van der Waals surface area contributed by atoms with Gasteiger partial charge in [-0.1, -0.05) is 47.8 Å². The number of nitrogens with zero attached hydrogens (tertiary/aromatic N) is 2. The van der Waals surface area contributed by atoms with Gasteiger partial charge in [-0.3, -0.25) is 19.3 Å². The molecule has 9 heteroatoms. The first-order valence-corrected chi connectivity index (χ1v) is 13.0. The average Bonchev–Trinajstić information content (AvgIpc) is 3.23. The van der Waals surface area contributed by atoms with Crippen LogP contribution in [0.25, 0.3) is 0 Å². The van der Waals surface area contributed by atoms with E-state index in [-0.39, 0.29) is 30.4 Å². The molecule has 1 spiro atoms. The Labute approximate surface area is 221 Å². The lowest BCUT2D eigenvalue weighted by molar-refractivity contribution is -0.128. The lowest BCUT2D eigenvalue weighted by Gasteiger charge is -2.44. The van der Waals surface area contributed by atoms with Crippen molar-refractivity contribution in [1.29, 1.82) is 0 Å². The molecular weight excluding hydrogens is 501 g/mol. The number of aryl methyl sites for hydroxylation is 1. The van der Waals surface area contributed by atoms with Gasteiger partial charge in [-0.2, -0.15) is 0 Å². The number of benzene rings is 2. The summed E-state index contributed by atoms with van der Waals surface area (Å²) in [5, 5.41) is 3.70. The predicted octanol–water partition coefficient (Wildman–Crippen LogP) is 4.69. The van der Waals surface area contributed by atoms with Crippen molar-refractivity contribution in [1.82, 2.24) is 15.1 Å². The van der Waals surface area contributed by atoms with Crippen LogP contribution in [0.4, 0.5) is 0 Å². The highest BCUT2D eigenvalue weighted by atomic mass is 35.5. The van der Waals surface area contributed by atoms with Crippen LogP contribution in [-0.4, -0.2) is 65.0 Å². The zero-order chi connectivity index (χ0) is 26.0. The molecule has 192 valence electrons. The van der Waals surface area contributed by atoms with E-state index >= 15 is 0 Å². The van der Waals surface area contributed by atoms with Gasteiger partial charge in [0.1, 0.15) is 11.8 Å². The van der Waals surface area contributed by atoms with E-state index in [0.29, 0.717) is 47.1 Å². The number of rotatable bonds is 5. The fraction of sp³-hybridized carbons (Fsp3) is 0.444. The van der Waals surface area contributed by atoms with E-state index in [1.165, 1.54) is 0 Å². The molecule has 2 atom stereocenters. The van der Waals surface area contributed by atoms with Gasteiger partial charge in [0.05, 0.1) is 16.7 Å². The molecule has 7 nitrogen and oxygen atoms in total. The third-order valence-electron chi connectivity index (χ3n) is 7.05. The average molecular weight is 532 g/mol. The maximum atomic E-state index is 13.8. The number of piperidine rings is 1. The number of amides is 3. The number of ether oxygens (including phenoxy) is 1. The number of hydrogen-bond donors (Lipinski definition) is 1. The standard InChI is InChI=1S/C27H31Cl2N3O4/c1-4-18(3)30-24(33)23-16-36-27(32(23)26(35)19-7-5-6-17(2)14-19)10-12-31(13-11-27)25(34)20-8-9-21(28)22(29)15-20/h5-9,14-15,18,23H,4,10-13,16H2,1-3H3,(H,30,33)/t18-,23+/m0/s1. The monoisotopic (exact) mass is 531 g/mol. The van der Waals surface area contributed by atoms with Crippen LogP contribution in [0, 0.1) is 6.92 Å². The minimum atomic E-state index is -0.966. The summed E-state index contributed by atoms with van der Waals surface area (Å²) < 4.78 is 6.25. The topological polar surface area (TPSA) is 79.0 Å². The quantitative estimate of drug-likeness (QED) is 0.606. The maximum absolute atomic E-state index is 13.8. The Hall–Kier alpha value is -2.61. The number of hydrogen-bond acceptors (Lipinski definition) is 4. The van der Waals surface area contributed by atoms with Crippen molar-refractivity contribution in [2.45, 2.75) is 57.8 Å². The van der Waals surface area contributed by atoms with E-state index < -0.39 is 11.8 Å². The molecule has 2 fully saturated rings. The molecule has 2 aliphatic rings. The van der Waals surface area contributed by atoms with Crippen molar-refractivity contribution in [3.8, 4) is 0 Å². The van der Waals surface area contributed by atoms with E-state index in [9.17, 15) is 14.4 Å². The van der Waals surface area contributed by atoms with Gasteiger partial charge in [0.25, 0.3) is 11.8 Å². The number of nitrogens with one attached hydrogen (secondary N) is 1. The molecule has 0 saturated carbocycles. The van der Waals surface area contributed by atoms with E-state index in [1.807, 2.05) is 39.0 Å². The first-order chi connectivity index (χ1) is 17.1. The molecule has 0 radical (unpaired) electrons. The summed E-state index contributed by atoms with van der Waals surface area (Å²) in [5.41, 5.74) is 0.951. The number of halogens is 2. The Bertz CT molecular complexity index is 1160. The van der Waals surface area contributed by atoms with Gasteiger partial charge in [-0.25, -0.2) is 0 Å². The Balaban J connectivity index is 1.58. The molecule has 2 saturated heterocycles. The molecule has 3 amide bonds. The molecule has 1 N–H and O–H groups in total. The molecule has 36 heavy (non-hydrogen) atoms. The summed E-state index contributed by atoms with van der Waals surface area (Å²) in [5.74, 6) is -0.634. The molecule has 2 aliphatic heterocycles. The van der Waals surface area contributed by atoms with Crippen LogP contribution < -0.4 is 5.32 Å². The fourth-order valence-electron chi connectivity index (χ4n) is 4.80. The van der Waals surface area contributed by atoms with Gasteiger partial charge in [0.2, 0.25) is 5.91 Å². The normalized spacial score (nSPS) is 19.9. The predicted molar refractivity (Wildman–Crippen MR) is 139 cm³/mol. The molecule has 4 rings (SSSR count). The van der Waals surface area contributed by atoms with Gasteiger partial charge >= 0.3 is 0 Å². The molecule has 0 bridgehead atoms. The van der Waals surface area contributed by atoms with Gasteiger partial charge in [-0.15, -0.1) is 0 Å². The Morgan fingerprint density at radius 2 is 1.75 bits per heavy atom. The Morgan fingerprint density at radius 1 is 1.06 bits per heavy atom. The van der Waals surface area contributed by atoms with Crippen LogP contribution in [-0.2, 0) is 9.53 Å². The summed E-state index contributed by atoms with van der Waals surface area (Å²) in [6, 6.07) is 11.4. The zero-order valence-electron chi connectivity index (χ0n) is 20.7. The van der Waals surface area contributed by atoms with Crippen LogP contribution in [0.2, 0.25) is 10.0 Å². The van der Waals surface area contributed by atoms with Crippen LogP contribution >= 0.6 is 23.2 Å². The Morgan fingerprint density at radius 3 is 2.39 bits per heavy atom. The van der Waals surface area contributed by atoms with Crippen molar-refractivity contribution < 1.29 is 19.1 Å². The largest absolute Gasteiger partial charge is 0.353 e. The van der Waals surface area contributed by atoms with Crippen molar-refractivity contribution in [2.24, 2.45) is 0 Å². The highest BCUT2D eigenvalue weighted by Crippen LogP contribution is 2.39. The van der Waals surface area contributed by atoms with Crippen LogP contribution in [0.5, 0.6) is 0 Å². The lowest BCUT2D eigenvalue weighted by atomic mass is 9.95. The second-order valence-corrected chi connectivity index (χ2v) is 10.4. The van der Waals surface area contributed by atoms with Crippen molar-refractivity contribution in [3.63, 3.8) is 0 Å². The fourth-order valence-corrected chi connectivity index (χ4v) is 5.09. The first-order valence-electron chi connectivity index (χ1n) is 12.2. The highest BCUT2D eigenvalue weighted by Gasteiger charge is 2.54. The minimum absolute atomic E-state index is 0.0179. The second-order valence-electron chi connectivity index (χ2n) is 9.56. The lowest BCUT2D eigenvalue weighted by Crippen LogP contribution is -2.60. The van der Waals surface area contributed by atoms with Crippen molar-refractivity contribution in [3.05, 3.63) is 69.2 Å². The highest BCUT2D eigenvalue weighted by molar-refractivity contribution is 6.42. The van der Waals surface area contributed by atoms with E-state index in [0.717, 1.165) is 12.0 Å². The van der Waals surface area contributed by atoms with Crippen LogP contribution in [0.3, 0.4) is 0 Å². The van der Waals surface area contributed by atoms with E-state index in [2.05, 4.69) is 5.32 Å². The summed E-state index contributed by atoms with van der Waals surface area (Å²) in [7, 11) is 0.